The molecular weight excluding hydrogens is 671 g/mol. The Hall–Kier alpha value is -7.36. The molecule has 0 unspecified atom stereocenters. The minimum Gasteiger partial charge on any atom is -0.456 e. The molecule has 0 fully saturated rings. The highest BCUT2D eigenvalue weighted by molar-refractivity contribution is 6.19. The summed E-state index contributed by atoms with van der Waals surface area (Å²) in [6, 6.07) is 71.0. The lowest BCUT2D eigenvalue weighted by Gasteiger charge is -2.28. The Labute approximate surface area is 317 Å². The zero-order valence-corrected chi connectivity index (χ0v) is 29.8. The van der Waals surface area contributed by atoms with Crippen molar-refractivity contribution < 1.29 is 8.83 Å². The van der Waals surface area contributed by atoms with E-state index in [9.17, 15) is 0 Å². The zero-order valence-electron chi connectivity index (χ0n) is 29.8. The van der Waals surface area contributed by atoms with Crippen LogP contribution in [0.5, 0.6) is 0 Å². The summed E-state index contributed by atoms with van der Waals surface area (Å²) in [7, 11) is 0. The molecule has 0 amide bonds. The van der Waals surface area contributed by atoms with Crippen LogP contribution in [0.2, 0.25) is 0 Å². The van der Waals surface area contributed by atoms with Crippen LogP contribution in [0.3, 0.4) is 0 Å². The van der Waals surface area contributed by atoms with E-state index < -0.39 is 0 Å². The van der Waals surface area contributed by atoms with Crippen molar-refractivity contribution in [3.05, 3.63) is 200 Å². The summed E-state index contributed by atoms with van der Waals surface area (Å²) < 4.78 is 12.7. The molecule has 0 spiro atoms. The first-order valence-electron chi connectivity index (χ1n) is 18.7. The van der Waals surface area contributed by atoms with E-state index in [1.54, 1.807) is 0 Å². The van der Waals surface area contributed by atoms with Gasteiger partial charge in [0.15, 0.2) is 0 Å². The fourth-order valence-corrected chi connectivity index (χ4v) is 8.25. The maximum absolute atomic E-state index is 6.53. The van der Waals surface area contributed by atoms with Crippen molar-refractivity contribution in [3.8, 4) is 33.4 Å². The molecule has 2 heterocycles. The minimum absolute atomic E-state index is 0.889. The summed E-state index contributed by atoms with van der Waals surface area (Å²) in [4.78, 5) is 2.37. The van der Waals surface area contributed by atoms with Crippen LogP contribution in [0.25, 0.3) is 88.0 Å². The number of furan rings is 2. The second kappa shape index (κ2) is 12.6. The van der Waals surface area contributed by atoms with Crippen molar-refractivity contribution in [3.63, 3.8) is 0 Å². The van der Waals surface area contributed by atoms with Crippen LogP contribution < -0.4 is 4.90 Å². The average molecular weight is 704 g/mol. The Morgan fingerprint density at radius 1 is 0.327 bits per heavy atom. The summed E-state index contributed by atoms with van der Waals surface area (Å²) >= 11 is 0. The van der Waals surface area contributed by atoms with Crippen molar-refractivity contribution in [2.45, 2.75) is 0 Å². The molecule has 0 aliphatic carbocycles. The van der Waals surface area contributed by atoms with Crippen molar-refractivity contribution in [1.29, 1.82) is 0 Å². The molecule has 2 aromatic heterocycles. The van der Waals surface area contributed by atoms with E-state index >= 15 is 0 Å². The van der Waals surface area contributed by atoms with E-state index in [0.717, 1.165) is 88.6 Å². The molecule has 0 aliphatic heterocycles. The molecule has 0 N–H and O–H groups in total. The van der Waals surface area contributed by atoms with Gasteiger partial charge in [-0.1, -0.05) is 140 Å². The normalized spacial score (nSPS) is 11.6. The maximum Gasteiger partial charge on any atom is 0.143 e. The molecule has 3 heteroatoms. The van der Waals surface area contributed by atoms with Crippen molar-refractivity contribution >= 4 is 71.7 Å². The lowest BCUT2D eigenvalue weighted by atomic mass is 9.97. The van der Waals surface area contributed by atoms with E-state index in [1.165, 1.54) is 16.5 Å². The lowest BCUT2D eigenvalue weighted by molar-refractivity contribution is 0.669. The molecular formula is C52H33NO2. The third-order valence-corrected chi connectivity index (χ3v) is 10.9. The Morgan fingerprint density at radius 3 is 1.78 bits per heavy atom. The van der Waals surface area contributed by atoms with Crippen LogP contribution in [-0.2, 0) is 0 Å². The number of rotatable bonds is 6. The van der Waals surface area contributed by atoms with Gasteiger partial charge in [-0.3, -0.25) is 0 Å². The molecule has 0 radical (unpaired) electrons. The quantitative estimate of drug-likeness (QED) is 0.173. The smallest absolute Gasteiger partial charge is 0.143 e. The van der Waals surface area contributed by atoms with Crippen LogP contribution >= 0.6 is 0 Å². The molecule has 9 aromatic carbocycles. The van der Waals surface area contributed by atoms with Gasteiger partial charge in [-0.05, 0) is 93.9 Å². The molecule has 0 saturated carbocycles. The summed E-state index contributed by atoms with van der Waals surface area (Å²) in [6.07, 6.45) is 0. The van der Waals surface area contributed by atoms with Gasteiger partial charge in [0.2, 0.25) is 0 Å². The summed E-state index contributed by atoms with van der Waals surface area (Å²) in [6.45, 7) is 0. The highest BCUT2D eigenvalue weighted by Crippen LogP contribution is 2.44. The predicted octanol–water partition coefficient (Wildman–Crippen LogP) is 15.1. The molecule has 55 heavy (non-hydrogen) atoms. The zero-order chi connectivity index (χ0) is 36.3. The van der Waals surface area contributed by atoms with E-state index in [-0.39, 0.29) is 0 Å². The number of nitrogens with zero attached hydrogens (tertiary/aromatic N) is 1. The lowest BCUT2D eigenvalue weighted by Crippen LogP contribution is -2.11. The third kappa shape index (κ3) is 5.20. The first-order chi connectivity index (χ1) is 27.3. The number of hydrogen-bond donors (Lipinski definition) is 0. The molecule has 0 aliphatic rings. The van der Waals surface area contributed by atoms with Crippen molar-refractivity contribution in [2.24, 2.45) is 0 Å². The summed E-state index contributed by atoms with van der Waals surface area (Å²) in [5.41, 5.74) is 13.8. The van der Waals surface area contributed by atoms with Crippen LogP contribution in [0.1, 0.15) is 0 Å². The molecule has 11 rings (SSSR count). The van der Waals surface area contributed by atoms with Gasteiger partial charge in [0, 0.05) is 43.9 Å². The van der Waals surface area contributed by atoms with Crippen molar-refractivity contribution in [2.75, 3.05) is 4.90 Å². The van der Waals surface area contributed by atoms with Crippen LogP contribution in [0, 0.1) is 0 Å². The second-order valence-corrected chi connectivity index (χ2v) is 14.1. The van der Waals surface area contributed by atoms with E-state index in [4.69, 9.17) is 8.83 Å². The molecule has 3 nitrogen and oxygen atoms in total. The van der Waals surface area contributed by atoms with Gasteiger partial charge in [-0.15, -0.1) is 0 Å². The van der Waals surface area contributed by atoms with Gasteiger partial charge in [0.1, 0.15) is 22.3 Å². The second-order valence-electron chi connectivity index (χ2n) is 14.1. The molecule has 0 bridgehead atoms. The summed E-state index contributed by atoms with van der Waals surface area (Å²) in [5, 5.41) is 6.80. The van der Waals surface area contributed by atoms with Gasteiger partial charge in [0.05, 0.1) is 5.69 Å². The minimum atomic E-state index is 0.889. The van der Waals surface area contributed by atoms with Gasteiger partial charge >= 0.3 is 0 Å². The average Bonchev–Trinajstić information content (AvgIpc) is 3.83. The molecule has 11 aromatic rings. The van der Waals surface area contributed by atoms with Gasteiger partial charge in [-0.25, -0.2) is 0 Å². The maximum atomic E-state index is 6.53. The number of benzene rings is 9. The Kier molecular flexibility index (Phi) is 7.17. The number of fused-ring (bicyclic) bond motifs is 8. The largest absolute Gasteiger partial charge is 0.456 e. The van der Waals surface area contributed by atoms with E-state index in [0.29, 0.717) is 0 Å². The Balaban J connectivity index is 1.06. The van der Waals surface area contributed by atoms with E-state index in [1.807, 2.05) is 12.1 Å². The molecule has 258 valence electrons. The first kappa shape index (κ1) is 31.2. The highest BCUT2D eigenvalue weighted by Gasteiger charge is 2.20. The number of anilines is 3. The van der Waals surface area contributed by atoms with Crippen LogP contribution in [-0.4, -0.2) is 0 Å². The van der Waals surface area contributed by atoms with Gasteiger partial charge in [-0.2, -0.15) is 0 Å². The number of para-hydroxylation sites is 2. The van der Waals surface area contributed by atoms with Crippen LogP contribution in [0.4, 0.5) is 17.1 Å². The molecule has 0 saturated heterocycles. The van der Waals surface area contributed by atoms with Crippen LogP contribution in [0.15, 0.2) is 209 Å². The van der Waals surface area contributed by atoms with Gasteiger partial charge in [0.25, 0.3) is 0 Å². The van der Waals surface area contributed by atoms with E-state index in [2.05, 4.69) is 193 Å². The highest BCUT2D eigenvalue weighted by atomic mass is 16.3. The monoisotopic (exact) mass is 703 g/mol. The fraction of sp³-hybridized carbons (Fsp3) is 0. The molecule has 0 atom stereocenters. The standard InChI is InChI=1S/C52H33NO2/c1-2-11-34(12-3-1)35-21-27-39(28-22-35)53(47-18-8-6-14-41(47)38-26-32-49-46(33-38)44-16-7-9-19-48(44)54-49)40-29-23-37(24-30-40)42-17-10-20-50-51(42)45-31-25-36-13-4-5-15-43(36)52(45)55-50/h1-33H. The topological polar surface area (TPSA) is 29.5 Å². The third-order valence-electron chi connectivity index (χ3n) is 10.9. The SMILES string of the molecule is c1ccc(-c2ccc(N(c3ccc(-c4cccc5oc6c7ccccc7ccc6c45)cc3)c3ccccc3-c3ccc4oc5ccccc5c4c3)cc2)cc1. The fourth-order valence-electron chi connectivity index (χ4n) is 8.25. The predicted molar refractivity (Wildman–Crippen MR) is 229 cm³/mol. The Bertz CT molecular complexity index is 3190. The number of hydrogen-bond acceptors (Lipinski definition) is 3. The Morgan fingerprint density at radius 2 is 0.945 bits per heavy atom. The van der Waals surface area contributed by atoms with Crippen molar-refractivity contribution in [1.82, 2.24) is 0 Å². The van der Waals surface area contributed by atoms with Gasteiger partial charge < -0.3 is 13.7 Å². The first-order valence-corrected chi connectivity index (χ1v) is 18.7. The summed E-state index contributed by atoms with van der Waals surface area (Å²) in [5.74, 6) is 0.